The third-order valence-corrected chi connectivity index (χ3v) is 3.37. The van der Waals surface area contributed by atoms with Gasteiger partial charge in [-0.05, 0) is 17.7 Å². The Hall–Kier alpha value is -2.36. The SMILES string of the molecule is N#Cc1ccc(Cn2ccc(=O)n(CCN)c2=O)c(Cl)c1. The maximum Gasteiger partial charge on any atom is 0.331 e. The van der Waals surface area contributed by atoms with E-state index in [0.29, 0.717) is 16.1 Å². The summed E-state index contributed by atoms with van der Waals surface area (Å²) in [5.74, 6) is 0. The lowest BCUT2D eigenvalue weighted by atomic mass is 10.1. The molecule has 0 radical (unpaired) electrons. The van der Waals surface area contributed by atoms with Crippen LogP contribution in [0.2, 0.25) is 5.02 Å². The van der Waals surface area contributed by atoms with Crippen molar-refractivity contribution in [3.63, 3.8) is 0 Å². The Balaban J connectivity index is 2.41. The summed E-state index contributed by atoms with van der Waals surface area (Å²) in [6, 6.07) is 8.16. The fourth-order valence-corrected chi connectivity index (χ4v) is 2.18. The first kappa shape index (κ1) is 15.0. The fraction of sp³-hybridized carbons (Fsp3) is 0.214. The first-order valence-electron chi connectivity index (χ1n) is 6.25. The molecule has 6 nitrogen and oxygen atoms in total. The number of rotatable bonds is 4. The normalized spacial score (nSPS) is 10.3. The van der Waals surface area contributed by atoms with Gasteiger partial charge in [0.15, 0.2) is 0 Å². The van der Waals surface area contributed by atoms with E-state index < -0.39 is 5.69 Å². The van der Waals surface area contributed by atoms with E-state index in [9.17, 15) is 9.59 Å². The number of nitrogens with zero attached hydrogens (tertiary/aromatic N) is 3. The van der Waals surface area contributed by atoms with Gasteiger partial charge in [0, 0.05) is 30.4 Å². The predicted molar refractivity (Wildman–Crippen MR) is 79.3 cm³/mol. The molecule has 0 unspecified atom stereocenters. The van der Waals surface area contributed by atoms with Crippen molar-refractivity contribution in [3.05, 3.63) is 67.4 Å². The van der Waals surface area contributed by atoms with E-state index >= 15 is 0 Å². The first-order valence-corrected chi connectivity index (χ1v) is 6.63. The summed E-state index contributed by atoms with van der Waals surface area (Å²) in [7, 11) is 0. The average Bonchev–Trinajstić information content (AvgIpc) is 2.48. The van der Waals surface area contributed by atoms with Crippen LogP contribution in [0.15, 0.2) is 40.1 Å². The summed E-state index contributed by atoms with van der Waals surface area (Å²) in [6.07, 6.45) is 1.42. The van der Waals surface area contributed by atoms with Crippen LogP contribution in [-0.4, -0.2) is 15.7 Å². The van der Waals surface area contributed by atoms with Crippen molar-refractivity contribution in [2.24, 2.45) is 5.73 Å². The Labute approximate surface area is 125 Å². The Morgan fingerprint density at radius 3 is 2.67 bits per heavy atom. The van der Waals surface area contributed by atoms with Crippen LogP contribution in [0, 0.1) is 11.3 Å². The second kappa shape index (κ2) is 6.39. The highest BCUT2D eigenvalue weighted by atomic mass is 35.5. The molecular formula is C14H13ClN4O2. The molecule has 0 amide bonds. The summed E-state index contributed by atoms with van der Waals surface area (Å²) >= 11 is 6.09. The second-order valence-corrected chi connectivity index (χ2v) is 4.83. The second-order valence-electron chi connectivity index (χ2n) is 4.42. The van der Waals surface area contributed by atoms with Gasteiger partial charge in [-0.1, -0.05) is 17.7 Å². The molecule has 0 saturated carbocycles. The lowest BCUT2D eigenvalue weighted by Gasteiger charge is -2.10. The lowest BCUT2D eigenvalue weighted by Crippen LogP contribution is -2.40. The predicted octanol–water partition coefficient (Wildman–Crippen LogP) is 0.542. The van der Waals surface area contributed by atoms with Crippen molar-refractivity contribution in [3.8, 4) is 6.07 Å². The molecule has 2 aromatic rings. The molecule has 2 rings (SSSR count). The van der Waals surface area contributed by atoms with Gasteiger partial charge in [0.05, 0.1) is 18.2 Å². The van der Waals surface area contributed by atoms with Crippen LogP contribution < -0.4 is 17.0 Å². The summed E-state index contributed by atoms with van der Waals surface area (Å²) < 4.78 is 2.46. The summed E-state index contributed by atoms with van der Waals surface area (Å²) in [5.41, 5.74) is 5.72. The van der Waals surface area contributed by atoms with Gasteiger partial charge in [-0.25, -0.2) is 4.79 Å². The van der Waals surface area contributed by atoms with Crippen molar-refractivity contribution in [1.82, 2.24) is 9.13 Å². The maximum atomic E-state index is 12.2. The maximum absolute atomic E-state index is 12.2. The van der Waals surface area contributed by atoms with Gasteiger partial charge in [-0.15, -0.1) is 0 Å². The van der Waals surface area contributed by atoms with E-state index in [1.807, 2.05) is 6.07 Å². The quantitative estimate of drug-likeness (QED) is 0.892. The molecule has 2 N–H and O–H groups in total. The van der Waals surface area contributed by atoms with Crippen molar-refractivity contribution in [2.45, 2.75) is 13.1 Å². The minimum atomic E-state index is -0.437. The van der Waals surface area contributed by atoms with Gasteiger partial charge < -0.3 is 5.73 Å². The third kappa shape index (κ3) is 3.21. The molecule has 7 heteroatoms. The van der Waals surface area contributed by atoms with E-state index in [2.05, 4.69) is 0 Å². The number of hydrogen-bond donors (Lipinski definition) is 1. The van der Waals surface area contributed by atoms with Crippen molar-refractivity contribution in [2.75, 3.05) is 6.54 Å². The Morgan fingerprint density at radius 2 is 2.05 bits per heavy atom. The van der Waals surface area contributed by atoms with E-state index in [0.717, 1.165) is 4.57 Å². The summed E-state index contributed by atoms with van der Waals surface area (Å²) in [5, 5.41) is 9.20. The third-order valence-electron chi connectivity index (χ3n) is 3.02. The van der Waals surface area contributed by atoms with Gasteiger partial charge in [0.1, 0.15) is 0 Å². The molecule has 1 aromatic carbocycles. The zero-order valence-electron chi connectivity index (χ0n) is 11.1. The number of aromatic nitrogens is 2. The van der Waals surface area contributed by atoms with E-state index in [4.69, 9.17) is 22.6 Å². The highest BCUT2D eigenvalue weighted by Gasteiger charge is 2.07. The van der Waals surface area contributed by atoms with Crippen LogP contribution in [-0.2, 0) is 13.1 Å². The van der Waals surface area contributed by atoms with Gasteiger partial charge >= 0.3 is 5.69 Å². The molecule has 0 atom stereocenters. The molecule has 0 aliphatic rings. The lowest BCUT2D eigenvalue weighted by molar-refractivity contribution is 0.579. The standard InChI is InChI=1S/C14H13ClN4O2/c15-12-7-10(8-17)1-2-11(12)9-18-5-3-13(20)19(6-4-16)14(18)21/h1-3,5,7H,4,6,9,16H2. The van der Waals surface area contributed by atoms with Crippen LogP contribution in [0.25, 0.3) is 0 Å². The Kier molecular flexibility index (Phi) is 4.58. The smallest absolute Gasteiger partial charge is 0.329 e. The summed E-state index contributed by atoms with van der Waals surface area (Å²) in [4.78, 5) is 23.8. The van der Waals surface area contributed by atoms with Gasteiger partial charge in [-0.3, -0.25) is 13.9 Å². The highest BCUT2D eigenvalue weighted by Crippen LogP contribution is 2.18. The zero-order chi connectivity index (χ0) is 15.4. The molecule has 0 saturated heterocycles. The number of hydrogen-bond acceptors (Lipinski definition) is 4. The molecule has 0 bridgehead atoms. The molecule has 0 aliphatic heterocycles. The molecule has 0 fully saturated rings. The van der Waals surface area contributed by atoms with Gasteiger partial charge in [-0.2, -0.15) is 5.26 Å². The molecular weight excluding hydrogens is 292 g/mol. The minimum Gasteiger partial charge on any atom is -0.329 e. The summed E-state index contributed by atoms with van der Waals surface area (Å²) in [6.45, 7) is 0.588. The monoisotopic (exact) mass is 304 g/mol. The Bertz CT molecular complexity index is 817. The van der Waals surface area contributed by atoms with E-state index in [1.54, 1.807) is 12.1 Å². The highest BCUT2D eigenvalue weighted by molar-refractivity contribution is 6.31. The number of nitriles is 1. The van der Waals surface area contributed by atoms with Crippen molar-refractivity contribution < 1.29 is 0 Å². The minimum absolute atomic E-state index is 0.166. The van der Waals surface area contributed by atoms with Crippen molar-refractivity contribution >= 4 is 11.6 Å². The van der Waals surface area contributed by atoms with Gasteiger partial charge in [0.2, 0.25) is 0 Å². The van der Waals surface area contributed by atoms with E-state index in [1.165, 1.54) is 22.9 Å². The molecule has 1 heterocycles. The molecule has 21 heavy (non-hydrogen) atoms. The first-order chi connectivity index (χ1) is 10.1. The van der Waals surface area contributed by atoms with Crippen LogP contribution in [0.1, 0.15) is 11.1 Å². The average molecular weight is 305 g/mol. The van der Waals surface area contributed by atoms with Gasteiger partial charge in [0.25, 0.3) is 5.56 Å². The molecule has 1 aromatic heterocycles. The number of nitrogens with two attached hydrogens (primary N) is 1. The van der Waals surface area contributed by atoms with Crippen molar-refractivity contribution in [1.29, 1.82) is 5.26 Å². The topological polar surface area (TPSA) is 93.8 Å². The zero-order valence-corrected chi connectivity index (χ0v) is 11.9. The largest absolute Gasteiger partial charge is 0.331 e. The van der Waals surface area contributed by atoms with E-state index in [-0.39, 0.29) is 25.2 Å². The molecule has 0 aliphatic carbocycles. The van der Waals surface area contributed by atoms with Crippen LogP contribution in [0.4, 0.5) is 0 Å². The molecule has 108 valence electrons. The number of benzene rings is 1. The fourth-order valence-electron chi connectivity index (χ4n) is 1.94. The molecule has 0 spiro atoms. The van der Waals surface area contributed by atoms with Crippen LogP contribution >= 0.6 is 11.6 Å². The number of halogens is 1. The van der Waals surface area contributed by atoms with Crippen LogP contribution in [0.3, 0.4) is 0 Å². The Morgan fingerprint density at radius 1 is 1.29 bits per heavy atom. The van der Waals surface area contributed by atoms with Crippen LogP contribution in [0.5, 0.6) is 0 Å².